The maximum atomic E-state index is 14.4. The van der Waals surface area contributed by atoms with Crippen molar-refractivity contribution in [2.45, 2.75) is 77.6 Å². The van der Waals surface area contributed by atoms with Gasteiger partial charge < -0.3 is 4.74 Å². The third-order valence-electron chi connectivity index (χ3n) is 8.14. The highest BCUT2D eigenvalue weighted by Crippen LogP contribution is 2.42. The summed E-state index contributed by atoms with van der Waals surface area (Å²) in [5.41, 5.74) is 1.10. The second-order valence-corrected chi connectivity index (χ2v) is 9.77. The van der Waals surface area contributed by atoms with E-state index in [4.69, 9.17) is 4.74 Å². The first kappa shape index (κ1) is 21.6. The summed E-state index contributed by atoms with van der Waals surface area (Å²) in [5.74, 6) is 1.96. The molecule has 0 atom stereocenters. The highest BCUT2D eigenvalue weighted by molar-refractivity contribution is 5.85. The van der Waals surface area contributed by atoms with Gasteiger partial charge in [0.2, 0.25) is 5.82 Å². The summed E-state index contributed by atoms with van der Waals surface area (Å²) in [6, 6.07) is 7.34. The van der Waals surface area contributed by atoms with Crippen molar-refractivity contribution in [3.8, 4) is 5.75 Å². The Kier molecular flexibility index (Phi) is 6.95. The highest BCUT2D eigenvalue weighted by atomic mass is 19.2. The second kappa shape index (κ2) is 9.66. The number of hydrogen-bond acceptors (Lipinski definition) is 1. The fraction of sp³-hybridized carbons (Fsp3) is 0.630. The van der Waals surface area contributed by atoms with E-state index in [-0.39, 0.29) is 5.75 Å². The lowest BCUT2D eigenvalue weighted by Crippen LogP contribution is -2.25. The van der Waals surface area contributed by atoms with Crippen LogP contribution in [0, 0.1) is 35.3 Å². The average Bonchev–Trinajstić information content (AvgIpc) is 2.80. The molecule has 2 aliphatic carbocycles. The molecule has 0 unspecified atom stereocenters. The van der Waals surface area contributed by atoms with Crippen LogP contribution in [0.5, 0.6) is 5.75 Å². The zero-order valence-electron chi connectivity index (χ0n) is 18.6. The molecule has 0 saturated heterocycles. The Morgan fingerprint density at radius 3 is 2.07 bits per heavy atom. The Morgan fingerprint density at radius 2 is 1.47 bits per heavy atom. The lowest BCUT2D eigenvalue weighted by Gasteiger charge is -2.37. The molecule has 0 spiro atoms. The van der Waals surface area contributed by atoms with Gasteiger partial charge in [-0.2, -0.15) is 4.39 Å². The Hall–Kier alpha value is -1.64. The van der Waals surface area contributed by atoms with Gasteiger partial charge in [0.15, 0.2) is 11.6 Å². The first-order valence-corrected chi connectivity index (χ1v) is 12.0. The Morgan fingerprint density at radius 1 is 0.833 bits per heavy atom. The summed E-state index contributed by atoms with van der Waals surface area (Å²) in [5, 5.41) is 1.05. The number of methoxy groups -OCH3 is 1. The van der Waals surface area contributed by atoms with E-state index in [9.17, 15) is 8.78 Å². The van der Waals surface area contributed by atoms with Crippen LogP contribution in [0.3, 0.4) is 0 Å². The van der Waals surface area contributed by atoms with E-state index in [0.717, 1.165) is 42.1 Å². The Labute approximate surface area is 180 Å². The predicted octanol–water partition coefficient (Wildman–Crippen LogP) is 8.08. The molecule has 0 heterocycles. The maximum absolute atomic E-state index is 14.4. The van der Waals surface area contributed by atoms with E-state index in [1.807, 2.05) is 12.1 Å². The smallest absolute Gasteiger partial charge is 0.201 e. The molecule has 0 aliphatic heterocycles. The van der Waals surface area contributed by atoms with Gasteiger partial charge in [0.05, 0.1) is 7.11 Å². The van der Waals surface area contributed by atoms with Gasteiger partial charge in [0.25, 0.3) is 0 Å². The first-order valence-electron chi connectivity index (χ1n) is 12.0. The van der Waals surface area contributed by atoms with Crippen molar-refractivity contribution >= 4 is 10.8 Å². The van der Waals surface area contributed by atoms with Crippen molar-refractivity contribution in [1.29, 1.82) is 0 Å². The number of hydrogen-bond donors (Lipinski definition) is 0. The SMILES string of the molecule is CCC1CCC(C2CCC(CCc3ccc4cc(OC)c(F)c(F)c4c3)CC2)CC1. The molecule has 0 bridgehead atoms. The number of rotatable bonds is 6. The molecule has 30 heavy (non-hydrogen) atoms. The summed E-state index contributed by atoms with van der Waals surface area (Å²) in [6.07, 6.45) is 14.7. The minimum Gasteiger partial charge on any atom is -0.494 e. The molecule has 2 saturated carbocycles. The third kappa shape index (κ3) is 4.65. The lowest BCUT2D eigenvalue weighted by atomic mass is 9.68. The van der Waals surface area contributed by atoms with Crippen LogP contribution in [0.4, 0.5) is 8.78 Å². The van der Waals surface area contributed by atoms with Crippen molar-refractivity contribution in [3.05, 3.63) is 41.5 Å². The Balaban J connectivity index is 1.30. The number of halogens is 2. The van der Waals surface area contributed by atoms with E-state index >= 15 is 0 Å². The summed E-state index contributed by atoms with van der Waals surface area (Å²) >= 11 is 0. The van der Waals surface area contributed by atoms with Crippen LogP contribution < -0.4 is 4.74 Å². The number of ether oxygens (including phenoxy) is 1. The summed E-state index contributed by atoms with van der Waals surface area (Å²) in [6.45, 7) is 2.34. The number of fused-ring (bicyclic) bond motifs is 1. The van der Waals surface area contributed by atoms with Crippen molar-refractivity contribution in [1.82, 2.24) is 0 Å². The molecule has 2 aromatic carbocycles. The van der Waals surface area contributed by atoms with Crippen molar-refractivity contribution in [2.75, 3.05) is 7.11 Å². The van der Waals surface area contributed by atoms with Gasteiger partial charge in [-0.3, -0.25) is 0 Å². The van der Waals surface area contributed by atoms with Gasteiger partial charge in [-0.25, -0.2) is 4.39 Å². The summed E-state index contributed by atoms with van der Waals surface area (Å²) in [7, 11) is 1.36. The van der Waals surface area contributed by atoms with Gasteiger partial charge >= 0.3 is 0 Å². The predicted molar refractivity (Wildman–Crippen MR) is 120 cm³/mol. The standard InChI is InChI=1S/C27H36F2O/c1-3-18-6-11-21(12-7-18)22-13-8-19(9-14-22)4-5-20-10-15-23-17-25(30-2)27(29)26(28)24(23)16-20/h10,15-19,21-22H,3-9,11-14H2,1-2H3. The fourth-order valence-electron chi connectivity index (χ4n) is 6.04. The van der Waals surface area contributed by atoms with Crippen molar-refractivity contribution in [3.63, 3.8) is 0 Å². The number of benzene rings is 2. The van der Waals surface area contributed by atoms with Crippen LogP contribution in [-0.2, 0) is 6.42 Å². The monoisotopic (exact) mass is 414 g/mol. The zero-order valence-corrected chi connectivity index (χ0v) is 18.6. The van der Waals surface area contributed by atoms with Crippen LogP contribution in [-0.4, -0.2) is 7.11 Å². The molecular formula is C27H36F2O. The molecule has 2 aliphatic rings. The van der Waals surface area contributed by atoms with Crippen LogP contribution in [0.1, 0.15) is 76.7 Å². The zero-order chi connectivity index (χ0) is 21.1. The topological polar surface area (TPSA) is 9.23 Å². The lowest BCUT2D eigenvalue weighted by molar-refractivity contribution is 0.142. The highest BCUT2D eigenvalue weighted by Gasteiger charge is 2.30. The molecule has 1 nitrogen and oxygen atoms in total. The Bertz CT molecular complexity index is 846. The number of aryl methyl sites for hydroxylation is 1. The molecule has 0 radical (unpaired) electrons. The first-order chi connectivity index (χ1) is 14.6. The molecule has 2 fully saturated rings. The van der Waals surface area contributed by atoms with Crippen LogP contribution >= 0.6 is 0 Å². The second-order valence-electron chi connectivity index (χ2n) is 9.77. The molecule has 3 heteroatoms. The van der Waals surface area contributed by atoms with Gasteiger partial charge in [-0.15, -0.1) is 0 Å². The molecule has 0 amide bonds. The molecule has 4 rings (SSSR count). The van der Waals surface area contributed by atoms with Gasteiger partial charge in [-0.1, -0.05) is 51.2 Å². The van der Waals surface area contributed by atoms with Gasteiger partial charge in [-0.05, 0) is 85.3 Å². The minimum absolute atomic E-state index is 0.0345. The van der Waals surface area contributed by atoms with Crippen molar-refractivity contribution < 1.29 is 13.5 Å². The minimum atomic E-state index is -0.895. The summed E-state index contributed by atoms with van der Waals surface area (Å²) < 4.78 is 33.4. The quantitative estimate of drug-likeness (QED) is 0.464. The van der Waals surface area contributed by atoms with Crippen LogP contribution in [0.15, 0.2) is 24.3 Å². The van der Waals surface area contributed by atoms with Gasteiger partial charge in [0, 0.05) is 5.39 Å². The van der Waals surface area contributed by atoms with E-state index in [0.29, 0.717) is 10.8 Å². The summed E-state index contributed by atoms with van der Waals surface area (Å²) in [4.78, 5) is 0. The largest absolute Gasteiger partial charge is 0.494 e. The molecule has 164 valence electrons. The molecule has 0 N–H and O–H groups in total. The van der Waals surface area contributed by atoms with E-state index < -0.39 is 11.6 Å². The molecule has 2 aromatic rings. The van der Waals surface area contributed by atoms with E-state index in [1.165, 1.54) is 64.9 Å². The fourth-order valence-corrected chi connectivity index (χ4v) is 6.04. The third-order valence-corrected chi connectivity index (χ3v) is 8.14. The van der Waals surface area contributed by atoms with Crippen molar-refractivity contribution in [2.24, 2.45) is 23.7 Å². The van der Waals surface area contributed by atoms with Crippen LogP contribution in [0.25, 0.3) is 10.8 Å². The molecule has 0 aromatic heterocycles. The van der Waals surface area contributed by atoms with Gasteiger partial charge in [0.1, 0.15) is 0 Å². The molecular weight excluding hydrogens is 378 g/mol. The van der Waals surface area contributed by atoms with E-state index in [2.05, 4.69) is 13.0 Å². The van der Waals surface area contributed by atoms with Crippen LogP contribution in [0.2, 0.25) is 0 Å². The van der Waals surface area contributed by atoms with E-state index in [1.54, 1.807) is 6.07 Å². The average molecular weight is 415 g/mol. The normalized spacial score (nSPS) is 27.3. The maximum Gasteiger partial charge on any atom is 0.201 e.